The van der Waals surface area contributed by atoms with E-state index in [1.54, 1.807) is 42.7 Å². The molecule has 0 aromatic carbocycles. The van der Waals surface area contributed by atoms with Crippen LogP contribution in [0.15, 0.2) is 0 Å². The quantitative estimate of drug-likeness (QED) is 0.172. The average molecular weight is 451 g/mol. The van der Waals surface area contributed by atoms with Gasteiger partial charge in [0.1, 0.15) is 0 Å². The van der Waals surface area contributed by atoms with E-state index in [0.717, 1.165) is 49.3 Å². The summed E-state index contributed by atoms with van der Waals surface area (Å²) in [5.74, 6) is 2.26. The normalized spacial score (nSPS) is 12.7. The minimum atomic E-state index is -2.38. The van der Waals surface area contributed by atoms with E-state index in [1.165, 1.54) is 0 Å². The third kappa shape index (κ3) is 11.0. The van der Waals surface area contributed by atoms with Crippen molar-refractivity contribution in [3.05, 3.63) is 0 Å². The van der Waals surface area contributed by atoms with E-state index >= 15 is 0 Å². The first-order valence-electron chi connectivity index (χ1n) is 8.29. The molecule has 0 rings (SSSR count). The smallest absolute Gasteiger partial charge is 0.377 e. The van der Waals surface area contributed by atoms with E-state index in [-0.39, 0.29) is 0 Å². The molecule has 11 heteroatoms. The van der Waals surface area contributed by atoms with Gasteiger partial charge in [0, 0.05) is 66.3 Å². The molecule has 0 heterocycles. The molecule has 0 saturated carbocycles. The third-order valence-electron chi connectivity index (χ3n) is 3.88. The summed E-state index contributed by atoms with van der Waals surface area (Å²) in [5, 5.41) is 0. The standard InChI is InChI=1S/C14H34O6S3Si2/c1-15-24(16-2,17-3)13-9-7-11-21-23-22-12-8-10-14-25(18-4,19-5)20-6/h7-14H2,1-6H3. The molecule has 0 aliphatic rings. The molecule has 0 atom stereocenters. The van der Waals surface area contributed by atoms with E-state index < -0.39 is 17.6 Å². The SMILES string of the molecule is CO[Si](CCCCSSSCCCC[Si](OC)(OC)OC)(OC)OC. The topological polar surface area (TPSA) is 55.4 Å². The molecule has 152 valence electrons. The van der Waals surface area contributed by atoms with Crippen LogP contribution in [0.3, 0.4) is 0 Å². The zero-order chi connectivity index (χ0) is 19.0. The van der Waals surface area contributed by atoms with Crippen molar-refractivity contribution >= 4 is 49.0 Å². The van der Waals surface area contributed by atoms with Gasteiger partial charge in [0.15, 0.2) is 0 Å². The maximum Gasteiger partial charge on any atom is 0.500 e. The van der Waals surface area contributed by atoms with Gasteiger partial charge in [-0.05, 0) is 35.5 Å². The Bertz CT molecular complexity index is 266. The summed E-state index contributed by atoms with van der Waals surface area (Å²) in [6.45, 7) is 0. The predicted molar refractivity (Wildman–Crippen MR) is 114 cm³/mol. The Balaban J connectivity index is 3.54. The zero-order valence-electron chi connectivity index (χ0n) is 16.3. The Kier molecular flexibility index (Phi) is 17.0. The summed E-state index contributed by atoms with van der Waals surface area (Å²) in [5.41, 5.74) is 0. The maximum absolute atomic E-state index is 5.42. The van der Waals surface area contributed by atoms with E-state index in [9.17, 15) is 0 Å². The fourth-order valence-corrected chi connectivity index (χ4v) is 9.81. The number of hydrogen-bond donors (Lipinski definition) is 0. The number of unbranched alkanes of at least 4 members (excludes halogenated alkanes) is 2. The highest BCUT2D eigenvalue weighted by Crippen LogP contribution is 2.36. The highest BCUT2D eigenvalue weighted by Gasteiger charge is 2.37. The molecule has 0 aromatic heterocycles. The van der Waals surface area contributed by atoms with Crippen LogP contribution in [0.25, 0.3) is 0 Å². The van der Waals surface area contributed by atoms with Gasteiger partial charge >= 0.3 is 17.6 Å². The largest absolute Gasteiger partial charge is 0.500 e. The van der Waals surface area contributed by atoms with Crippen molar-refractivity contribution in [1.29, 1.82) is 0 Å². The first kappa shape index (κ1) is 26.2. The van der Waals surface area contributed by atoms with E-state index in [0.29, 0.717) is 0 Å². The Hall–Kier alpha value is 1.24. The van der Waals surface area contributed by atoms with Crippen LogP contribution in [0.4, 0.5) is 0 Å². The molecule has 0 amide bonds. The Morgan fingerprint density at radius 2 is 0.840 bits per heavy atom. The van der Waals surface area contributed by atoms with Crippen molar-refractivity contribution in [1.82, 2.24) is 0 Å². The molecular weight excluding hydrogens is 417 g/mol. The lowest BCUT2D eigenvalue weighted by atomic mass is 10.4. The fourth-order valence-electron chi connectivity index (χ4n) is 2.22. The predicted octanol–water partition coefficient (Wildman–Crippen LogP) is 4.33. The zero-order valence-corrected chi connectivity index (χ0v) is 20.8. The molecule has 0 saturated heterocycles. The van der Waals surface area contributed by atoms with Crippen LogP contribution in [0, 0.1) is 0 Å². The van der Waals surface area contributed by atoms with E-state index in [2.05, 4.69) is 0 Å². The monoisotopic (exact) mass is 450 g/mol. The molecule has 0 radical (unpaired) electrons. The Morgan fingerprint density at radius 1 is 0.520 bits per heavy atom. The van der Waals surface area contributed by atoms with Crippen molar-refractivity contribution in [3.8, 4) is 0 Å². The molecule has 0 fully saturated rings. The van der Waals surface area contributed by atoms with Gasteiger partial charge in [-0.2, -0.15) is 0 Å². The van der Waals surface area contributed by atoms with E-state index in [1.807, 2.05) is 31.4 Å². The first-order valence-corrected chi connectivity index (χ1v) is 16.0. The lowest BCUT2D eigenvalue weighted by Gasteiger charge is -2.24. The van der Waals surface area contributed by atoms with Gasteiger partial charge in [-0.3, -0.25) is 0 Å². The van der Waals surface area contributed by atoms with Gasteiger partial charge in [-0.25, -0.2) is 0 Å². The molecule has 0 bridgehead atoms. The Labute approximate surface area is 167 Å². The van der Waals surface area contributed by atoms with Crippen LogP contribution in [0.2, 0.25) is 12.1 Å². The summed E-state index contributed by atoms with van der Waals surface area (Å²) < 4.78 is 32.5. The lowest BCUT2D eigenvalue weighted by Crippen LogP contribution is -2.42. The number of rotatable bonds is 18. The van der Waals surface area contributed by atoms with Gasteiger partial charge in [0.2, 0.25) is 0 Å². The minimum Gasteiger partial charge on any atom is -0.377 e. The van der Waals surface area contributed by atoms with Crippen molar-refractivity contribution in [2.45, 2.75) is 37.8 Å². The molecule has 6 nitrogen and oxygen atoms in total. The first-order chi connectivity index (χ1) is 12.1. The second-order valence-electron chi connectivity index (χ2n) is 5.22. The van der Waals surface area contributed by atoms with Crippen LogP contribution < -0.4 is 0 Å². The molecule has 25 heavy (non-hydrogen) atoms. The second-order valence-corrected chi connectivity index (χ2v) is 15.9. The Morgan fingerprint density at radius 3 is 1.12 bits per heavy atom. The van der Waals surface area contributed by atoms with Gasteiger partial charge in [-0.1, -0.05) is 21.6 Å². The average Bonchev–Trinajstić information content (AvgIpc) is 2.67. The van der Waals surface area contributed by atoms with Crippen LogP contribution in [-0.2, 0) is 26.6 Å². The van der Waals surface area contributed by atoms with Gasteiger partial charge < -0.3 is 26.6 Å². The molecule has 0 spiro atoms. The molecule has 0 N–H and O–H groups in total. The molecule has 0 aromatic rings. The molecule has 0 unspecified atom stereocenters. The number of hydrogen-bond acceptors (Lipinski definition) is 9. The minimum absolute atomic E-state index is 0.874. The van der Waals surface area contributed by atoms with E-state index in [4.69, 9.17) is 26.6 Å². The van der Waals surface area contributed by atoms with Gasteiger partial charge in [0.05, 0.1) is 0 Å². The van der Waals surface area contributed by atoms with Crippen molar-refractivity contribution < 1.29 is 26.6 Å². The summed E-state index contributed by atoms with van der Waals surface area (Å²) in [4.78, 5) is 0. The summed E-state index contributed by atoms with van der Waals surface area (Å²) in [6, 6.07) is 1.75. The van der Waals surface area contributed by atoms with Crippen molar-refractivity contribution in [2.24, 2.45) is 0 Å². The fraction of sp³-hybridized carbons (Fsp3) is 1.00. The van der Waals surface area contributed by atoms with Crippen LogP contribution in [-0.4, -0.2) is 71.8 Å². The molecule has 0 aliphatic heterocycles. The van der Waals surface area contributed by atoms with Crippen LogP contribution >= 0.6 is 31.4 Å². The van der Waals surface area contributed by atoms with Crippen molar-refractivity contribution in [3.63, 3.8) is 0 Å². The van der Waals surface area contributed by atoms with Gasteiger partial charge in [0.25, 0.3) is 0 Å². The van der Waals surface area contributed by atoms with Crippen molar-refractivity contribution in [2.75, 3.05) is 54.2 Å². The molecular formula is C14H34O6S3Si2. The summed E-state index contributed by atoms with van der Waals surface area (Å²) >= 11 is 0. The molecule has 0 aliphatic carbocycles. The highest BCUT2D eigenvalue weighted by atomic mass is 33.5. The maximum atomic E-state index is 5.42. The third-order valence-corrected chi connectivity index (χ3v) is 14.0. The van der Waals surface area contributed by atoms with Crippen LogP contribution in [0.1, 0.15) is 25.7 Å². The summed E-state index contributed by atoms with van der Waals surface area (Å²) in [7, 11) is 10.9. The lowest BCUT2D eigenvalue weighted by molar-refractivity contribution is 0.122. The summed E-state index contributed by atoms with van der Waals surface area (Å²) in [6.07, 6.45) is 4.43. The highest BCUT2D eigenvalue weighted by molar-refractivity contribution is 9.09. The van der Waals surface area contributed by atoms with Gasteiger partial charge in [-0.15, -0.1) is 0 Å². The van der Waals surface area contributed by atoms with Crippen LogP contribution in [0.5, 0.6) is 0 Å². The second kappa shape index (κ2) is 16.2.